The van der Waals surface area contributed by atoms with Crippen LogP contribution in [0.25, 0.3) is 0 Å². The summed E-state index contributed by atoms with van der Waals surface area (Å²) in [6.07, 6.45) is 0.249. The second-order valence-corrected chi connectivity index (χ2v) is 2.32. The van der Waals surface area contributed by atoms with Crippen LogP contribution in [0.4, 0.5) is 0 Å². The number of carboxylic acid groups (broad SMARTS) is 2. The van der Waals surface area contributed by atoms with Crippen molar-refractivity contribution in [3.05, 3.63) is 12.2 Å². The Hall–Kier alpha value is -0.180. The van der Waals surface area contributed by atoms with E-state index in [0.717, 1.165) is 6.08 Å². The van der Waals surface area contributed by atoms with E-state index in [2.05, 4.69) is 0 Å². The number of aliphatic carboxylic acids is 2. The third kappa shape index (κ3) is 23.6. The van der Waals surface area contributed by atoms with Crippen molar-refractivity contribution in [2.75, 3.05) is 13.2 Å². The molecule has 0 rings (SSSR count). The molecule has 0 bridgehead atoms. The van der Waals surface area contributed by atoms with Crippen molar-refractivity contribution < 1.29 is 35.1 Å². The molecule has 7 nitrogen and oxygen atoms in total. The van der Waals surface area contributed by atoms with E-state index < -0.39 is 24.5 Å². The summed E-state index contributed by atoms with van der Waals surface area (Å²) >= 11 is 0. The zero-order chi connectivity index (χ0) is 12.3. The van der Waals surface area contributed by atoms with E-state index in [1.54, 1.807) is 0 Å². The van der Waals surface area contributed by atoms with Crippen LogP contribution >= 0.6 is 0 Å². The Balaban J connectivity index is -0.000000214. The van der Waals surface area contributed by atoms with Gasteiger partial charge in [-0.2, -0.15) is 0 Å². The van der Waals surface area contributed by atoms with E-state index in [-0.39, 0.29) is 51.0 Å². The number of carbonyl (C=O) groups excluding carboxylic acids is 2. The molecule has 0 radical (unpaired) electrons. The van der Waals surface area contributed by atoms with Crippen LogP contribution in [0, 0.1) is 0 Å². The molecule has 0 amide bonds. The van der Waals surface area contributed by atoms with Gasteiger partial charge in [0.15, 0.2) is 0 Å². The van der Waals surface area contributed by atoms with Crippen molar-refractivity contribution in [3.8, 4) is 0 Å². The van der Waals surface area contributed by atoms with Crippen LogP contribution in [0.15, 0.2) is 12.2 Å². The Morgan fingerprint density at radius 1 is 1.19 bits per heavy atom. The monoisotopic (exact) mass is 260 g/mol. The Labute approximate surface area is 122 Å². The first-order chi connectivity index (χ1) is 6.93. The van der Waals surface area contributed by atoms with Crippen LogP contribution in [-0.2, 0) is 9.59 Å². The standard InChI is InChI=1S/C5H6O4.C3H8O3.Ca/c6-4(7)2-1-3-5(8)9;4-1-3(6)2-5;/h1-2H,3H2,(H,6,7)(H,8,9);3-6H,1-2H2;/q;;+2/p-2. The summed E-state index contributed by atoms with van der Waals surface area (Å²) in [6.45, 7) is -0.729. The van der Waals surface area contributed by atoms with Crippen LogP contribution in [0.5, 0.6) is 0 Å². The summed E-state index contributed by atoms with van der Waals surface area (Å²) < 4.78 is 0. The zero-order valence-electron chi connectivity index (χ0n) is 8.54. The van der Waals surface area contributed by atoms with Gasteiger partial charge < -0.3 is 35.1 Å². The minimum Gasteiger partial charge on any atom is -0.550 e. The van der Waals surface area contributed by atoms with Gasteiger partial charge in [0, 0.05) is 12.4 Å². The van der Waals surface area contributed by atoms with Crippen LogP contribution in [0.2, 0.25) is 0 Å². The Kier molecular flexibility index (Phi) is 19.6. The van der Waals surface area contributed by atoms with E-state index in [1.165, 1.54) is 0 Å². The first-order valence-corrected chi connectivity index (χ1v) is 3.91. The van der Waals surface area contributed by atoms with Crippen LogP contribution < -0.4 is 10.2 Å². The molecule has 0 aliphatic carbocycles. The number of hydrogen-bond donors (Lipinski definition) is 3. The Morgan fingerprint density at radius 2 is 1.62 bits per heavy atom. The molecule has 0 unspecified atom stereocenters. The molecule has 0 fully saturated rings. The Morgan fingerprint density at radius 3 is 1.81 bits per heavy atom. The summed E-state index contributed by atoms with van der Waals surface area (Å²) in [4.78, 5) is 19.2. The van der Waals surface area contributed by atoms with Gasteiger partial charge in [0.2, 0.25) is 0 Å². The molecule has 0 heterocycles. The topological polar surface area (TPSA) is 141 Å². The summed E-state index contributed by atoms with van der Waals surface area (Å²) in [5, 5.41) is 43.2. The summed E-state index contributed by atoms with van der Waals surface area (Å²) in [6, 6.07) is 0. The van der Waals surface area contributed by atoms with E-state index in [1.807, 2.05) is 0 Å². The fourth-order valence-corrected chi connectivity index (χ4v) is 0.309. The summed E-state index contributed by atoms with van der Waals surface area (Å²) in [7, 11) is 0. The molecule has 0 aliphatic heterocycles. The van der Waals surface area contributed by atoms with Gasteiger partial charge in [-0.05, 0) is 6.08 Å². The van der Waals surface area contributed by atoms with Gasteiger partial charge in [0.25, 0.3) is 0 Å². The van der Waals surface area contributed by atoms with Crippen molar-refractivity contribution in [1.29, 1.82) is 0 Å². The van der Waals surface area contributed by atoms with Gasteiger partial charge in [-0.15, -0.1) is 0 Å². The fraction of sp³-hybridized carbons (Fsp3) is 0.500. The van der Waals surface area contributed by atoms with Gasteiger partial charge in [-0.1, -0.05) is 6.08 Å². The molecule has 8 heteroatoms. The first kappa shape index (κ1) is 21.1. The minimum absolute atomic E-state index is 0. The van der Waals surface area contributed by atoms with Crippen molar-refractivity contribution in [2.45, 2.75) is 12.5 Å². The maximum absolute atomic E-state index is 9.61. The van der Waals surface area contributed by atoms with Crippen molar-refractivity contribution in [1.82, 2.24) is 0 Å². The third-order valence-electron chi connectivity index (χ3n) is 0.960. The molecule has 0 atom stereocenters. The molecule has 0 saturated carbocycles. The van der Waals surface area contributed by atoms with Gasteiger partial charge in [-0.3, -0.25) is 0 Å². The molecule has 0 aliphatic rings. The molecule has 0 aromatic rings. The molecule has 0 saturated heterocycles. The number of aliphatic hydroxyl groups is 3. The molecule has 88 valence electrons. The average molecular weight is 260 g/mol. The second-order valence-electron chi connectivity index (χ2n) is 2.32. The molecule has 0 aromatic heterocycles. The van der Waals surface area contributed by atoms with Crippen molar-refractivity contribution >= 4 is 49.7 Å². The normalized spacial score (nSPS) is 9.25. The Bertz CT molecular complexity index is 212. The van der Waals surface area contributed by atoms with Crippen molar-refractivity contribution in [3.63, 3.8) is 0 Å². The molecule has 0 aromatic carbocycles. The smallest absolute Gasteiger partial charge is 0.550 e. The SMILES string of the molecule is O=C([O-])C=CCC(=O)[O-].OCC(O)CO.[Ca+2]. The van der Waals surface area contributed by atoms with Crippen LogP contribution in [0.3, 0.4) is 0 Å². The maximum Gasteiger partial charge on any atom is 2.00 e. The molecule has 16 heavy (non-hydrogen) atoms. The largest absolute Gasteiger partial charge is 2.00 e. The number of carboxylic acids is 2. The summed E-state index contributed by atoms with van der Waals surface area (Å²) in [5.41, 5.74) is 0. The fourth-order valence-electron chi connectivity index (χ4n) is 0.309. The third-order valence-corrected chi connectivity index (χ3v) is 0.960. The van der Waals surface area contributed by atoms with Gasteiger partial charge in [0.05, 0.1) is 19.2 Å². The minimum atomic E-state index is -1.41. The predicted molar refractivity (Wildman–Crippen MR) is 49.7 cm³/mol. The predicted octanol–water partition coefficient (Wildman–Crippen LogP) is -4.62. The second kappa shape index (κ2) is 14.8. The molecular formula is C8H12CaO7. The van der Waals surface area contributed by atoms with Crippen molar-refractivity contribution in [2.24, 2.45) is 0 Å². The number of hydrogen-bond acceptors (Lipinski definition) is 7. The van der Waals surface area contributed by atoms with Crippen LogP contribution in [-0.4, -0.2) is 84.3 Å². The number of carbonyl (C=O) groups is 2. The molecule has 0 spiro atoms. The van der Waals surface area contributed by atoms with E-state index >= 15 is 0 Å². The van der Waals surface area contributed by atoms with E-state index in [9.17, 15) is 19.8 Å². The van der Waals surface area contributed by atoms with Gasteiger partial charge in [0.1, 0.15) is 6.10 Å². The molecular weight excluding hydrogens is 248 g/mol. The molecule has 3 N–H and O–H groups in total. The van der Waals surface area contributed by atoms with E-state index in [0.29, 0.717) is 6.08 Å². The maximum atomic E-state index is 9.61. The average Bonchev–Trinajstić information content (AvgIpc) is 2.16. The number of rotatable bonds is 5. The quantitative estimate of drug-likeness (QED) is 0.333. The zero-order valence-corrected chi connectivity index (χ0v) is 10.7. The van der Waals surface area contributed by atoms with E-state index in [4.69, 9.17) is 15.3 Å². The van der Waals surface area contributed by atoms with Gasteiger partial charge in [-0.25, -0.2) is 0 Å². The number of aliphatic hydroxyl groups excluding tert-OH is 3. The summed E-state index contributed by atoms with van der Waals surface area (Å²) in [5.74, 6) is -2.72. The first-order valence-electron chi connectivity index (χ1n) is 3.91. The van der Waals surface area contributed by atoms with Gasteiger partial charge >= 0.3 is 37.7 Å². The van der Waals surface area contributed by atoms with Crippen LogP contribution in [0.1, 0.15) is 6.42 Å².